The van der Waals surface area contributed by atoms with Crippen molar-refractivity contribution in [2.24, 2.45) is 5.73 Å². The van der Waals surface area contributed by atoms with Gasteiger partial charge in [-0.15, -0.1) is 10.2 Å². The average molecular weight is 343 g/mol. The molecular formula is C16H17N5O2S. The van der Waals surface area contributed by atoms with E-state index in [1.165, 1.54) is 11.3 Å². The highest BCUT2D eigenvalue weighted by Gasteiger charge is 2.12. The van der Waals surface area contributed by atoms with Crippen LogP contribution in [-0.4, -0.2) is 29.2 Å². The molecule has 0 aliphatic carbocycles. The summed E-state index contributed by atoms with van der Waals surface area (Å²) < 4.78 is 5.26. The standard InChI is InChI=1S/C16H17N5O2S/c17-8-2-9-18-12-6-4-11(5-7-12)14(22)19-16-21-20-15(24-16)13-3-1-10-23-13/h1,3-7,10,18H,2,8-9,17H2,(H,19,21,22). The summed E-state index contributed by atoms with van der Waals surface area (Å²) in [5, 5.41) is 15.0. The Bertz CT molecular complexity index is 783. The minimum atomic E-state index is -0.231. The number of carbonyl (C=O) groups excluding carboxylic acids is 1. The monoisotopic (exact) mass is 343 g/mol. The minimum absolute atomic E-state index is 0.231. The van der Waals surface area contributed by atoms with Crippen LogP contribution >= 0.6 is 11.3 Å². The number of aromatic nitrogens is 2. The van der Waals surface area contributed by atoms with Gasteiger partial charge in [0, 0.05) is 17.8 Å². The molecule has 4 N–H and O–H groups in total. The van der Waals surface area contributed by atoms with Crippen LogP contribution in [-0.2, 0) is 0 Å². The summed E-state index contributed by atoms with van der Waals surface area (Å²) in [4.78, 5) is 12.2. The van der Waals surface area contributed by atoms with E-state index < -0.39 is 0 Å². The van der Waals surface area contributed by atoms with E-state index in [-0.39, 0.29) is 5.91 Å². The Balaban J connectivity index is 1.60. The van der Waals surface area contributed by atoms with Crippen LogP contribution in [0.4, 0.5) is 10.8 Å². The van der Waals surface area contributed by atoms with E-state index in [1.807, 2.05) is 12.1 Å². The van der Waals surface area contributed by atoms with Crippen molar-refractivity contribution in [3.05, 3.63) is 48.2 Å². The molecule has 24 heavy (non-hydrogen) atoms. The number of nitrogens with zero attached hydrogens (tertiary/aromatic N) is 2. The van der Waals surface area contributed by atoms with Crippen molar-refractivity contribution in [1.82, 2.24) is 10.2 Å². The Morgan fingerprint density at radius 2 is 2.04 bits per heavy atom. The third-order valence-electron chi connectivity index (χ3n) is 3.23. The largest absolute Gasteiger partial charge is 0.462 e. The van der Waals surface area contributed by atoms with Crippen LogP contribution in [0.2, 0.25) is 0 Å². The van der Waals surface area contributed by atoms with Gasteiger partial charge in [0.2, 0.25) is 5.13 Å². The zero-order valence-electron chi connectivity index (χ0n) is 12.9. The molecule has 8 heteroatoms. The molecule has 1 amide bonds. The summed E-state index contributed by atoms with van der Waals surface area (Å²) in [7, 11) is 0. The highest BCUT2D eigenvalue weighted by molar-refractivity contribution is 7.18. The fraction of sp³-hybridized carbons (Fsp3) is 0.188. The molecule has 0 atom stereocenters. The molecule has 0 fully saturated rings. The summed E-state index contributed by atoms with van der Waals surface area (Å²) in [5.74, 6) is 0.395. The first-order chi connectivity index (χ1) is 11.8. The maximum absolute atomic E-state index is 12.2. The molecule has 0 aliphatic rings. The van der Waals surface area contributed by atoms with Gasteiger partial charge in [0.15, 0.2) is 10.8 Å². The molecule has 2 aromatic heterocycles. The van der Waals surface area contributed by atoms with E-state index in [0.29, 0.717) is 28.0 Å². The first-order valence-electron chi connectivity index (χ1n) is 7.49. The zero-order chi connectivity index (χ0) is 16.8. The summed E-state index contributed by atoms with van der Waals surface area (Å²) in [6.07, 6.45) is 2.47. The highest BCUT2D eigenvalue weighted by atomic mass is 32.1. The lowest BCUT2D eigenvalue weighted by Crippen LogP contribution is -2.12. The molecule has 0 unspecified atom stereocenters. The summed E-state index contributed by atoms with van der Waals surface area (Å²) in [6.45, 7) is 1.46. The Morgan fingerprint density at radius 1 is 1.21 bits per heavy atom. The Labute approximate surface area is 142 Å². The molecule has 0 saturated heterocycles. The third kappa shape index (κ3) is 3.98. The van der Waals surface area contributed by atoms with Gasteiger partial charge < -0.3 is 15.5 Å². The molecule has 7 nitrogen and oxygen atoms in total. The molecule has 124 valence electrons. The normalized spacial score (nSPS) is 10.5. The maximum atomic E-state index is 12.2. The number of anilines is 2. The number of hydrogen-bond acceptors (Lipinski definition) is 7. The minimum Gasteiger partial charge on any atom is -0.462 e. The van der Waals surface area contributed by atoms with Gasteiger partial charge >= 0.3 is 0 Å². The van der Waals surface area contributed by atoms with Gasteiger partial charge in [-0.1, -0.05) is 11.3 Å². The van der Waals surface area contributed by atoms with Gasteiger partial charge in [0.25, 0.3) is 5.91 Å². The number of nitrogens with two attached hydrogens (primary N) is 1. The van der Waals surface area contributed by atoms with Gasteiger partial charge in [-0.05, 0) is 49.4 Å². The molecule has 0 saturated carbocycles. The van der Waals surface area contributed by atoms with E-state index in [0.717, 1.165) is 18.7 Å². The van der Waals surface area contributed by atoms with Crippen molar-refractivity contribution in [3.63, 3.8) is 0 Å². The van der Waals surface area contributed by atoms with E-state index in [2.05, 4.69) is 20.8 Å². The van der Waals surface area contributed by atoms with Crippen LogP contribution < -0.4 is 16.4 Å². The van der Waals surface area contributed by atoms with Crippen molar-refractivity contribution < 1.29 is 9.21 Å². The zero-order valence-corrected chi connectivity index (χ0v) is 13.7. The van der Waals surface area contributed by atoms with Crippen LogP contribution in [0.25, 0.3) is 10.8 Å². The van der Waals surface area contributed by atoms with Crippen molar-refractivity contribution in [2.45, 2.75) is 6.42 Å². The van der Waals surface area contributed by atoms with Crippen molar-refractivity contribution >= 4 is 28.1 Å². The number of furan rings is 1. The van der Waals surface area contributed by atoms with Crippen LogP contribution in [0.3, 0.4) is 0 Å². The van der Waals surface area contributed by atoms with Crippen molar-refractivity contribution in [1.29, 1.82) is 0 Å². The van der Waals surface area contributed by atoms with Crippen LogP contribution in [0.15, 0.2) is 47.1 Å². The maximum Gasteiger partial charge on any atom is 0.257 e. The van der Waals surface area contributed by atoms with Crippen molar-refractivity contribution in [3.8, 4) is 10.8 Å². The molecule has 0 spiro atoms. The third-order valence-corrected chi connectivity index (χ3v) is 4.09. The van der Waals surface area contributed by atoms with Gasteiger partial charge in [0.05, 0.1) is 6.26 Å². The van der Waals surface area contributed by atoms with E-state index in [9.17, 15) is 4.79 Å². The smallest absolute Gasteiger partial charge is 0.257 e. The predicted octanol–water partition coefficient (Wildman–Crippen LogP) is 2.81. The highest BCUT2D eigenvalue weighted by Crippen LogP contribution is 2.26. The lowest BCUT2D eigenvalue weighted by molar-refractivity contribution is 0.102. The van der Waals surface area contributed by atoms with Crippen LogP contribution in [0.5, 0.6) is 0 Å². The SMILES string of the molecule is NCCCNc1ccc(C(=O)Nc2nnc(-c3ccco3)s2)cc1. The first kappa shape index (κ1) is 16.2. The van der Waals surface area contributed by atoms with Gasteiger partial charge in [-0.3, -0.25) is 10.1 Å². The van der Waals surface area contributed by atoms with Gasteiger partial charge in [-0.2, -0.15) is 0 Å². The summed E-state index contributed by atoms with van der Waals surface area (Å²) in [6, 6.07) is 10.8. The molecule has 0 radical (unpaired) electrons. The molecule has 0 aliphatic heterocycles. The topological polar surface area (TPSA) is 106 Å². The van der Waals surface area contributed by atoms with E-state index in [1.54, 1.807) is 30.5 Å². The summed E-state index contributed by atoms with van der Waals surface area (Å²) in [5.41, 5.74) is 6.96. The fourth-order valence-corrected chi connectivity index (χ4v) is 2.72. The Hall–Kier alpha value is -2.71. The number of carbonyl (C=O) groups is 1. The Morgan fingerprint density at radius 3 is 2.75 bits per heavy atom. The number of nitrogens with one attached hydrogen (secondary N) is 2. The number of benzene rings is 1. The van der Waals surface area contributed by atoms with E-state index in [4.69, 9.17) is 10.2 Å². The van der Waals surface area contributed by atoms with E-state index >= 15 is 0 Å². The second-order valence-corrected chi connectivity index (χ2v) is 5.97. The first-order valence-corrected chi connectivity index (χ1v) is 8.30. The molecule has 3 aromatic rings. The predicted molar refractivity (Wildman–Crippen MR) is 94.2 cm³/mol. The van der Waals surface area contributed by atoms with Crippen LogP contribution in [0, 0.1) is 0 Å². The molecule has 3 rings (SSSR count). The summed E-state index contributed by atoms with van der Waals surface area (Å²) >= 11 is 1.26. The second-order valence-electron chi connectivity index (χ2n) is 4.99. The van der Waals surface area contributed by atoms with Crippen LogP contribution in [0.1, 0.15) is 16.8 Å². The lowest BCUT2D eigenvalue weighted by Gasteiger charge is -2.06. The quantitative estimate of drug-likeness (QED) is 0.570. The number of rotatable bonds is 7. The fourth-order valence-electron chi connectivity index (χ4n) is 2.02. The molecular weight excluding hydrogens is 326 g/mol. The molecule has 1 aromatic carbocycles. The lowest BCUT2D eigenvalue weighted by atomic mass is 10.2. The average Bonchev–Trinajstić information content (AvgIpc) is 3.27. The Kier molecular flexibility index (Phi) is 5.19. The van der Waals surface area contributed by atoms with Gasteiger partial charge in [0.1, 0.15) is 0 Å². The van der Waals surface area contributed by atoms with Gasteiger partial charge in [-0.25, -0.2) is 0 Å². The van der Waals surface area contributed by atoms with Crippen molar-refractivity contribution in [2.75, 3.05) is 23.7 Å². The second kappa shape index (κ2) is 7.71. The number of amides is 1. The molecule has 0 bridgehead atoms. The number of hydrogen-bond donors (Lipinski definition) is 3. The molecule has 2 heterocycles.